The molecule has 0 aliphatic rings. The van der Waals surface area contributed by atoms with E-state index in [2.05, 4.69) is 4.98 Å². The molecule has 0 radical (unpaired) electrons. The molecule has 4 nitrogen and oxygen atoms in total. The van der Waals surface area contributed by atoms with Crippen LogP contribution in [0.1, 0.15) is 39.0 Å². The lowest BCUT2D eigenvalue weighted by Crippen LogP contribution is -2.57. The van der Waals surface area contributed by atoms with Crippen LogP contribution < -0.4 is 0 Å². The van der Waals surface area contributed by atoms with Crippen LogP contribution in [0.5, 0.6) is 0 Å². The SMILES string of the molecule is CCCCCCC(F)(F)C(F)(F)C(F)(F)S(=O)(=O)O.c1ccncc1. The van der Waals surface area contributed by atoms with E-state index >= 15 is 0 Å². The standard InChI is InChI=1S/C9H14F6O3S.C5H5N/c1-2-3-4-5-6-7(10,11)8(12,13)9(14,15)19(16,17)18;1-2-4-6-5-3-1/h2-6H2,1H3,(H,16,17,18);1-5H. The maximum Gasteiger partial charge on any atom is 0.437 e. The summed E-state index contributed by atoms with van der Waals surface area (Å²) >= 11 is 0. The quantitative estimate of drug-likeness (QED) is 0.390. The minimum Gasteiger partial charge on any atom is -0.281 e. The van der Waals surface area contributed by atoms with Crippen LogP contribution in [0.15, 0.2) is 30.6 Å². The highest BCUT2D eigenvalue weighted by Gasteiger charge is 2.76. The fourth-order valence-corrected chi connectivity index (χ4v) is 2.09. The van der Waals surface area contributed by atoms with Crippen LogP contribution in [0.4, 0.5) is 26.3 Å². The van der Waals surface area contributed by atoms with Gasteiger partial charge in [0.2, 0.25) is 0 Å². The summed E-state index contributed by atoms with van der Waals surface area (Å²) in [6, 6.07) is 5.72. The monoisotopic (exact) mass is 395 g/mol. The van der Waals surface area contributed by atoms with Crippen LogP contribution in [0.25, 0.3) is 0 Å². The number of aromatic nitrogens is 1. The number of alkyl halides is 6. The topological polar surface area (TPSA) is 67.3 Å². The highest BCUT2D eigenvalue weighted by atomic mass is 32.2. The van der Waals surface area contributed by atoms with E-state index in [1.54, 1.807) is 19.3 Å². The van der Waals surface area contributed by atoms with Gasteiger partial charge in [-0.3, -0.25) is 9.54 Å². The predicted octanol–water partition coefficient (Wildman–Crippen LogP) is 4.79. The van der Waals surface area contributed by atoms with Crippen LogP contribution in [-0.4, -0.2) is 35.1 Å². The second kappa shape index (κ2) is 9.37. The zero-order valence-corrected chi connectivity index (χ0v) is 14.1. The minimum atomic E-state index is -6.64. The van der Waals surface area contributed by atoms with Crippen molar-refractivity contribution in [2.45, 2.75) is 56.1 Å². The molecule has 11 heteroatoms. The van der Waals surface area contributed by atoms with Crippen molar-refractivity contribution in [3.63, 3.8) is 0 Å². The molecule has 0 fully saturated rings. The van der Waals surface area contributed by atoms with Crippen molar-refractivity contribution in [2.24, 2.45) is 0 Å². The fraction of sp³-hybridized carbons (Fsp3) is 0.643. The number of nitrogens with zero attached hydrogens (tertiary/aromatic N) is 1. The summed E-state index contributed by atoms with van der Waals surface area (Å²) in [7, 11) is -6.64. The molecule has 1 rings (SSSR count). The Kier molecular flexibility index (Phi) is 8.86. The number of rotatable bonds is 8. The van der Waals surface area contributed by atoms with Crippen LogP contribution >= 0.6 is 0 Å². The molecular weight excluding hydrogens is 376 g/mol. The number of hydrogen-bond acceptors (Lipinski definition) is 3. The van der Waals surface area contributed by atoms with Crippen LogP contribution in [0, 0.1) is 0 Å². The second-order valence-electron chi connectivity index (χ2n) is 5.11. The van der Waals surface area contributed by atoms with Crippen molar-refractivity contribution in [3.8, 4) is 0 Å². The van der Waals surface area contributed by atoms with Gasteiger partial charge < -0.3 is 0 Å². The molecule has 0 aliphatic heterocycles. The Morgan fingerprint density at radius 2 is 1.44 bits per heavy atom. The van der Waals surface area contributed by atoms with Gasteiger partial charge in [-0.25, -0.2) is 0 Å². The summed E-state index contributed by atoms with van der Waals surface area (Å²) in [5.41, 5.74) is 0. The molecule has 1 aromatic rings. The first-order valence-electron chi connectivity index (χ1n) is 7.26. The van der Waals surface area contributed by atoms with Gasteiger partial charge in [-0.1, -0.05) is 32.3 Å². The molecule has 0 saturated carbocycles. The van der Waals surface area contributed by atoms with E-state index in [4.69, 9.17) is 4.55 Å². The van der Waals surface area contributed by atoms with Gasteiger partial charge in [0, 0.05) is 18.8 Å². The van der Waals surface area contributed by atoms with Gasteiger partial charge in [0.05, 0.1) is 0 Å². The maximum absolute atomic E-state index is 13.0. The Bertz CT molecular complexity index is 569. The first-order valence-corrected chi connectivity index (χ1v) is 8.70. The second-order valence-corrected chi connectivity index (χ2v) is 6.57. The summed E-state index contributed by atoms with van der Waals surface area (Å²) in [5, 5.41) is -6.24. The molecule has 25 heavy (non-hydrogen) atoms. The van der Waals surface area contributed by atoms with Crippen molar-refractivity contribution in [1.29, 1.82) is 0 Å². The summed E-state index contributed by atoms with van der Waals surface area (Å²) in [6.07, 6.45) is 2.64. The molecule has 0 aliphatic carbocycles. The molecule has 0 bridgehead atoms. The zero-order valence-electron chi connectivity index (χ0n) is 13.3. The van der Waals surface area contributed by atoms with E-state index in [-0.39, 0.29) is 6.42 Å². The van der Waals surface area contributed by atoms with Crippen molar-refractivity contribution in [3.05, 3.63) is 30.6 Å². The molecule has 1 heterocycles. The first kappa shape index (κ1) is 23.6. The van der Waals surface area contributed by atoms with Gasteiger partial charge in [0.1, 0.15) is 0 Å². The summed E-state index contributed by atoms with van der Waals surface area (Å²) in [5.74, 6) is -11.4. The summed E-state index contributed by atoms with van der Waals surface area (Å²) in [4.78, 5) is 3.78. The lowest BCUT2D eigenvalue weighted by atomic mass is 10.0. The average molecular weight is 395 g/mol. The zero-order chi connectivity index (χ0) is 19.8. The third-order valence-corrected chi connectivity index (χ3v) is 3.96. The van der Waals surface area contributed by atoms with Gasteiger partial charge in [-0.05, 0) is 18.6 Å². The maximum atomic E-state index is 13.0. The highest BCUT2D eigenvalue weighted by Crippen LogP contribution is 2.50. The number of hydrogen-bond donors (Lipinski definition) is 1. The highest BCUT2D eigenvalue weighted by molar-refractivity contribution is 7.87. The van der Waals surface area contributed by atoms with Crippen LogP contribution in [0.3, 0.4) is 0 Å². The van der Waals surface area contributed by atoms with Crippen LogP contribution in [-0.2, 0) is 10.1 Å². The van der Waals surface area contributed by atoms with E-state index < -0.39 is 40.1 Å². The molecule has 146 valence electrons. The van der Waals surface area contributed by atoms with E-state index in [1.165, 1.54) is 0 Å². The lowest BCUT2D eigenvalue weighted by Gasteiger charge is -2.30. The van der Waals surface area contributed by atoms with Crippen molar-refractivity contribution >= 4 is 10.1 Å². The van der Waals surface area contributed by atoms with Crippen LogP contribution in [0.2, 0.25) is 0 Å². The molecule has 1 N–H and O–H groups in total. The van der Waals surface area contributed by atoms with Crippen molar-refractivity contribution in [2.75, 3.05) is 0 Å². The van der Waals surface area contributed by atoms with Crippen molar-refractivity contribution < 1.29 is 39.3 Å². The molecular formula is C14H19F6NO3S. The number of pyridine rings is 1. The van der Waals surface area contributed by atoms with Crippen molar-refractivity contribution in [1.82, 2.24) is 4.98 Å². The van der Waals surface area contributed by atoms with Gasteiger partial charge in [0.15, 0.2) is 0 Å². The minimum absolute atomic E-state index is 0.125. The van der Waals surface area contributed by atoms with Gasteiger partial charge in [0.25, 0.3) is 0 Å². The molecule has 0 atom stereocenters. The Hall–Kier alpha value is -1.36. The van der Waals surface area contributed by atoms with Gasteiger partial charge in [-0.15, -0.1) is 0 Å². The van der Waals surface area contributed by atoms with E-state index in [0.717, 1.165) is 0 Å². The van der Waals surface area contributed by atoms with E-state index in [1.807, 2.05) is 18.2 Å². The Morgan fingerprint density at radius 1 is 0.920 bits per heavy atom. The van der Waals surface area contributed by atoms with E-state index in [0.29, 0.717) is 12.8 Å². The molecule has 0 amide bonds. The largest absolute Gasteiger partial charge is 0.437 e. The Labute approximate surface area is 142 Å². The molecule has 0 spiro atoms. The average Bonchev–Trinajstić information content (AvgIpc) is 2.52. The third kappa shape index (κ3) is 6.46. The smallest absolute Gasteiger partial charge is 0.281 e. The summed E-state index contributed by atoms with van der Waals surface area (Å²) < 4.78 is 106. The molecule has 0 unspecified atom stereocenters. The Balaban J connectivity index is 0.000000796. The Morgan fingerprint density at radius 3 is 1.76 bits per heavy atom. The normalized spacial score (nSPS) is 13.1. The molecule has 0 aromatic carbocycles. The molecule has 0 saturated heterocycles. The summed E-state index contributed by atoms with van der Waals surface area (Å²) in [6.45, 7) is 1.72. The van der Waals surface area contributed by atoms with Gasteiger partial charge in [-0.2, -0.15) is 34.8 Å². The third-order valence-electron chi connectivity index (χ3n) is 3.06. The fourth-order valence-electron chi connectivity index (χ4n) is 1.62. The molecule has 1 aromatic heterocycles. The number of halogens is 6. The number of unbranched alkanes of at least 4 members (excludes halogenated alkanes) is 3. The first-order chi connectivity index (χ1) is 11.3. The predicted molar refractivity (Wildman–Crippen MR) is 79.4 cm³/mol. The van der Waals surface area contributed by atoms with E-state index in [9.17, 15) is 34.8 Å². The lowest BCUT2D eigenvalue weighted by molar-refractivity contribution is -0.282. The van der Waals surface area contributed by atoms with Gasteiger partial charge >= 0.3 is 27.2 Å².